The minimum atomic E-state index is -0.553. The number of benzene rings is 1. The molecule has 1 aromatic rings. The first-order valence-corrected chi connectivity index (χ1v) is 9.10. The van der Waals surface area contributed by atoms with Gasteiger partial charge in [-0.25, -0.2) is 9.59 Å². The summed E-state index contributed by atoms with van der Waals surface area (Å²) in [5.74, 6) is 0.308. The Balaban J connectivity index is 2.25. The van der Waals surface area contributed by atoms with E-state index in [-0.39, 0.29) is 11.9 Å². The normalized spacial score (nSPS) is 17.0. The number of carbonyl (C=O) groups is 2. The number of nitrogens with one attached hydrogen (secondary N) is 2. The van der Waals surface area contributed by atoms with E-state index in [2.05, 4.69) is 17.6 Å². The third-order valence-electron chi connectivity index (χ3n) is 4.32. The maximum absolute atomic E-state index is 12.3. The summed E-state index contributed by atoms with van der Waals surface area (Å²) >= 11 is 0. The average molecular weight is 360 g/mol. The molecule has 0 radical (unpaired) electrons. The number of allylic oxidation sites excluding steroid dienone is 1. The van der Waals surface area contributed by atoms with Crippen molar-refractivity contribution in [2.24, 2.45) is 5.92 Å². The molecule has 1 aromatic carbocycles. The lowest BCUT2D eigenvalue weighted by atomic mass is 9.91. The second kappa shape index (κ2) is 9.27. The fourth-order valence-corrected chi connectivity index (χ4v) is 2.93. The van der Waals surface area contributed by atoms with Gasteiger partial charge in [0.15, 0.2) is 0 Å². The minimum absolute atomic E-state index is 0.0150. The number of methoxy groups -OCH3 is 1. The Hall–Kier alpha value is -2.50. The van der Waals surface area contributed by atoms with Crippen molar-refractivity contribution in [2.75, 3.05) is 13.7 Å². The fraction of sp³-hybridized carbons (Fsp3) is 0.500. The van der Waals surface area contributed by atoms with Crippen molar-refractivity contribution >= 4 is 12.0 Å². The van der Waals surface area contributed by atoms with Gasteiger partial charge in [-0.05, 0) is 30.0 Å². The Morgan fingerprint density at radius 2 is 1.88 bits per heavy atom. The van der Waals surface area contributed by atoms with E-state index in [4.69, 9.17) is 9.47 Å². The molecule has 0 fully saturated rings. The molecule has 26 heavy (non-hydrogen) atoms. The lowest BCUT2D eigenvalue weighted by Crippen LogP contribution is -2.47. The monoisotopic (exact) mass is 360 g/mol. The van der Waals surface area contributed by atoms with Crippen LogP contribution in [-0.2, 0) is 9.53 Å². The molecule has 1 heterocycles. The first kappa shape index (κ1) is 19.8. The van der Waals surface area contributed by atoms with Gasteiger partial charge >= 0.3 is 12.0 Å². The molecule has 2 rings (SSSR count). The number of rotatable bonds is 8. The molecule has 0 saturated carbocycles. The van der Waals surface area contributed by atoms with Crippen LogP contribution in [-0.4, -0.2) is 25.7 Å². The molecule has 6 heteroatoms. The van der Waals surface area contributed by atoms with E-state index >= 15 is 0 Å². The van der Waals surface area contributed by atoms with Crippen LogP contribution in [0.3, 0.4) is 0 Å². The summed E-state index contributed by atoms with van der Waals surface area (Å²) in [5.41, 5.74) is 1.82. The maximum Gasteiger partial charge on any atom is 0.337 e. The molecule has 0 spiro atoms. The topological polar surface area (TPSA) is 76.7 Å². The number of unbranched alkanes of at least 4 members (excludes halogenated alkanes) is 2. The number of hydrogen-bond donors (Lipinski definition) is 2. The van der Waals surface area contributed by atoms with Gasteiger partial charge in [-0.2, -0.15) is 0 Å². The van der Waals surface area contributed by atoms with Gasteiger partial charge in [0, 0.05) is 5.70 Å². The fourth-order valence-electron chi connectivity index (χ4n) is 2.93. The second-order valence-electron chi connectivity index (χ2n) is 6.63. The Morgan fingerprint density at radius 1 is 1.19 bits per heavy atom. The zero-order valence-corrected chi connectivity index (χ0v) is 15.9. The highest BCUT2D eigenvalue weighted by Gasteiger charge is 2.34. The highest BCUT2D eigenvalue weighted by atomic mass is 16.5. The van der Waals surface area contributed by atoms with Crippen molar-refractivity contribution in [1.82, 2.24) is 10.6 Å². The molecule has 1 aliphatic heterocycles. The van der Waals surface area contributed by atoms with Gasteiger partial charge in [-0.3, -0.25) is 0 Å². The molecule has 2 N–H and O–H groups in total. The standard InChI is InChI=1S/C20H28N2O4/c1-5-6-7-12-26-15-10-8-14(9-11-15)18-16(19(23)25-4)17(13(2)3)21-20(24)22-18/h8-11,13,18H,5-7,12H2,1-4H3,(H2,21,22,24). The molecule has 0 bridgehead atoms. The predicted molar refractivity (Wildman–Crippen MR) is 99.8 cm³/mol. The summed E-state index contributed by atoms with van der Waals surface area (Å²) in [6.07, 6.45) is 3.32. The van der Waals surface area contributed by atoms with E-state index in [0.717, 1.165) is 30.6 Å². The van der Waals surface area contributed by atoms with E-state index in [1.165, 1.54) is 7.11 Å². The summed E-state index contributed by atoms with van der Waals surface area (Å²) in [4.78, 5) is 24.4. The van der Waals surface area contributed by atoms with Crippen molar-refractivity contribution in [3.8, 4) is 5.75 Å². The summed E-state index contributed by atoms with van der Waals surface area (Å²) in [7, 11) is 1.34. The largest absolute Gasteiger partial charge is 0.494 e. The lowest BCUT2D eigenvalue weighted by Gasteiger charge is -2.30. The highest BCUT2D eigenvalue weighted by Crippen LogP contribution is 2.31. The van der Waals surface area contributed by atoms with Crippen LogP contribution in [0.15, 0.2) is 35.5 Å². The van der Waals surface area contributed by atoms with Crippen molar-refractivity contribution in [3.63, 3.8) is 0 Å². The number of hydrogen-bond acceptors (Lipinski definition) is 4. The zero-order valence-electron chi connectivity index (χ0n) is 15.9. The second-order valence-corrected chi connectivity index (χ2v) is 6.63. The molecule has 0 aliphatic carbocycles. The van der Waals surface area contributed by atoms with Gasteiger partial charge in [0.2, 0.25) is 0 Å². The van der Waals surface area contributed by atoms with E-state index in [0.29, 0.717) is 17.9 Å². The van der Waals surface area contributed by atoms with Crippen LogP contribution in [0, 0.1) is 5.92 Å². The van der Waals surface area contributed by atoms with Crippen LogP contribution in [0.5, 0.6) is 5.75 Å². The quantitative estimate of drug-likeness (QED) is 0.547. The van der Waals surface area contributed by atoms with Crippen LogP contribution < -0.4 is 15.4 Å². The van der Waals surface area contributed by atoms with Crippen LogP contribution >= 0.6 is 0 Å². The van der Waals surface area contributed by atoms with Crippen molar-refractivity contribution in [3.05, 3.63) is 41.1 Å². The third kappa shape index (κ3) is 4.77. The molecular formula is C20H28N2O4. The van der Waals surface area contributed by atoms with Gasteiger partial charge in [-0.1, -0.05) is 45.7 Å². The van der Waals surface area contributed by atoms with Crippen molar-refractivity contribution in [2.45, 2.75) is 46.1 Å². The SMILES string of the molecule is CCCCCOc1ccc(C2NC(=O)NC(C(C)C)=C2C(=O)OC)cc1. The van der Waals surface area contributed by atoms with E-state index in [9.17, 15) is 9.59 Å². The van der Waals surface area contributed by atoms with E-state index < -0.39 is 12.0 Å². The van der Waals surface area contributed by atoms with Gasteiger partial charge in [0.05, 0.1) is 25.3 Å². The summed E-state index contributed by atoms with van der Waals surface area (Å²) in [6, 6.07) is 6.58. The van der Waals surface area contributed by atoms with Gasteiger partial charge < -0.3 is 20.1 Å². The molecule has 6 nitrogen and oxygen atoms in total. The number of ether oxygens (including phenoxy) is 2. The van der Waals surface area contributed by atoms with Crippen LogP contribution in [0.1, 0.15) is 51.6 Å². The zero-order chi connectivity index (χ0) is 19.1. The van der Waals surface area contributed by atoms with Crippen LogP contribution in [0.2, 0.25) is 0 Å². The lowest BCUT2D eigenvalue weighted by molar-refractivity contribution is -0.136. The summed E-state index contributed by atoms with van der Waals surface area (Å²) in [6.45, 7) is 6.68. The summed E-state index contributed by atoms with van der Waals surface area (Å²) < 4.78 is 10.7. The molecule has 0 saturated heterocycles. The van der Waals surface area contributed by atoms with E-state index in [1.807, 2.05) is 38.1 Å². The maximum atomic E-state index is 12.3. The van der Waals surface area contributed by atoms with E-state index in [1.54, 1.807) is 0 Å². The average Bonchev–Trinajstić information content (AvgIpc) is 2.64. The Kier molecular flexibility index (Phi) is 7.06. The van der Waals surface area contributed by atoms with Gasteiger partial charge in [0.1, 0.15) is 5.75 Å². The van der Waals surface area contributed by atoms with Crippen molar-refractivity contribution in [1.29, 1.82) is 0 Å². The summed E-state index contributed by atoms with van der Waals surface area (Å²) in [5, 5.41) is 5.55. The third-order valence-corrected chi connectivity index (χ3v) is 4.32. The predicted octanol–water partition coefficient (Wildman–Crippen LogP) is 3.69. The number of urea groups is 1. The van der Waals surface area contributed by atoms with Gasteiger partial charge in [-0.15, -0.1) is 0 Å². The van der Waals surface area contributed by atoms with Gasteiger partial charge in [0.25, 0.3) is 0 Å². The van der Waals surface area contributed by atoms with Crippen LogP contribution in [0.4, 0.5) is 4.79 Å². The molecule has 0 aromatic heterocycles. The highest BCUT2D eigenvalue weighted by molar-refractivity contribution is 5.95. The molecule has 142 valence electrons. The smallest absolute Gasteiger partial charge is 0.337 e. The Morgan fingerprint density at radius 3 is 2.46 bits per heavy atom. The first-order chi connectivity index (χ1) is 12.5. The van der Waals surface area contributed by atoms with Crippen LogP contribution in [0.25, 0.3) is 0 Å². The van der Waals surface area contributed by atoms with Crippen molar-refractivity contribution < 1.29 is 19.1 Å². The Labute approximate surface area is 154 Å². The minimum Gasteiger partial charge on any atom is -0.494 e. The molecule has 2 amide bonds. The number of esters is 1. The molecule has 1 unspecified atom stereocenters. The first-order valence-electron chi connectivity index (χ1n) is 9.10. The Bertz CT molecular complexity index is 665. The molecular weight excluding hydrogens is 332 g/mol. The number of amides is 2. The molecule has 1 aliphatic rings. The molecule has 1 atom stereocenters. The number of carbonyl (C=O) groups excluding carboxylic acids is 2.